The Balaban J connectivity index is 1.91. The number of aromatic nitrogens is 2. The zero-order valence-electron chi connectivity index (χ0n) is 13.9. The van der Waals surface area contributed by atoms with Gasteiger partial charge in [0.2, 0.25) is 0 Å². The van der Waals surface area contributed by atoms with E-state index in [1.54, 1.807) is 16.2 Å². The summed E-state index contributed by atoms with van der Waals surface area (Å²) in [5.41, 5.74) is -1.81. The van der Waals surface area contributed by atoms with Gasteiger partial charge in [-0.05, 0) is 22.7 Å². The number of thiophene rings is 1. The molecule has 0 aliphatic heterocycles. The predicted octanol–water partition coefficient (Wildman–Crippen LogP) is 3.32. The van der Waals surface area contributed by atoms with E-state index in [2.05, 4.69) is 23.1 Å². The maximum Gasteiger partial charge on any atom is 0.435 e. The molecule has 0 atom stereocenters. The van der Waals surface area contributed by atoms with E-state index in [0.717, 1.165) is 25.2 Å². The van der Waals surface area contributed by atoms with Crippen molar-refractivity contribution >= 4 is 29.8 Å². The number of carbonyl (C=O) groups is 1. The fraction of sp³-hybridized carbons (Fsp3) is 0.438. The van der Waals surface area contributed by atoms with Gasteiger partial charge < -0.3 is 4.90 Å². The fourth-order valence-corrected chi connectivity index (χ4v) is 6.85. The molecule has 0 radical (unpaired) electrons. The number of hydrogen-bond donors (Lipinski definition) is 0. The Morgan fingerprint density at radius 1 is 1.32 bits per heavy atom. The van der Waals surface area contributed by atoms with Crippen LogP contribution in [0.25, 0.3) is 0 Å². The molecule has 0 N–H and O–H groups in total. The minimum absolute atomic E-state index is 0.00215. The number of nitrogens with zero attached hydrogens (tertiary/aromatic N) is 3. The van der Waals surface area contributed by atoms with Crippen molar-refractivity contribution in [2.75, 3.05) is 6.17 Å². The molecule has 3 rings (SSSR count). The summed E-state index contributed by atoms with van der Waals surface area (Å²) in [6.07, 6.45) is -0.481. The van der Waals surface area contributed by atoms with Gasteiger partial charge in [0, 0.05) is 24.6 Å². The van der Waals surface area contributed by atoms with Crippen molar-refractivity contribution in [3.8, 4) is 0 Å². The smallest absolute Gasteiger partial charge is 0.337 e. The van der Waals surface area contributed by atoms with Crippen LogP contribution in [0, 0.1) is 0 Å². The van der Waals surface area contributed by atoms with Crippen LogP contribution >= 0.6 is 11.3 Å². The second kappa shape index (κ2) is 6.53. The fourth-order valence-electron chi connectivity index (χ4n) is 2.76. The molecule has 1 saturated carbocycles. The van der Waals surface area contributed by atoms with Crippen molar-refractivity contribution in [2.24, 2.45) is 0 Å². The molecule has 0 saturated heterocycles. The summed E-state index contributed by atoms with van der Waals surface area (Å²) < 4.78 is 40.8. The van der Waals surface area contributed by atoms with E-state index < -0.39 is 31.5 Å². The molecular weight excluding hydrogens is 367 g/mol. The zero-order chi connectivity index (χ0) is 18.2. The highest BCUT2D eigenvalue weighted by atomic mass is 32.1. The number of alkyl halides is 3. The summed E-state index contributed by atoms with van der Waals surface area (Å²) in [7, 11) is -1.98. The highest BCUT2D eigenvalue weighted by Gasteiger charge is 2.43. The first-order valence-corrected chi connectivity index (χ1v) is 12.0. The van der Waals surface area contributed by atoms with Gasteiger partial charge in [-0.3, -0.25) is 4.79 Å². The van der Waals surface area contributed by atoms with Gasteiger partial charge in [-0.1, -0.05) is 25.2 Å². The summed E-state index contributed by atoms with van der Waals surface area (Å²) in [6, 6.07) is 4.00. The van der Waals surface area contributed by atoms with Gasteiger partial charge in [0.25, 0.3) is 5.91 Å². The van der Waals surface area contributed by atoms with Gasteiger partial charge in [-0.15, -0.1) is 0 Å². The van der Waals surface area contributed by atoms with Crippen LogP contribution in [0.2, 0.25) is 13.1 Å². The van der Waals surface area contributed by atoms with Crippen LogP contribution in [0.3, 0.4) is 0 Å². The van der Waals surface area contributed by atoms with Gasteiger partial charge in [-0.2, -0.15) is 24.5 Å². The van der Waals surface area contributed by atoms with Crippen LogP contribution in [0.4, 0.5) is 13.2 Å². The molecule has 0 unspecified atom stereocenters. The maximum atomic E-state index is 13.2. The lowest BCUT2D eigenvalue weighted by atomic mass is 10.2. The Labute approximate surface area is 148 Å². The molecule has 0 bridgehead atoms. The Bertz CT molecular complexity index is 760. The largest absolute Gasteiger partial charge is 0.435 e. The number of halogens is 3. The number of rotatable bonds is 5. The van der Waals surface area contributed by atoms with E-state index in [1.165, 1.54) is 4.50 Å². The van der Waals surface area contributed by atoms with E-state index in [0.29, 0.717) is 6.17 Å². The zero-order valence-corrected chi connectivity index (χ0v) is 15.7. The van der Waals surface area contributed by atoms with Crippen molar-refractivity contribution in [1.82, 2.24) is 14.9 Å². The van der Waals surface area contributed by atoms with Gasteiger partial charge >= 0.3 is 6.18 Å². The first-order chi connectivity index (χ1) is 11.7. The van der Waals surface area contributed by atoms with E-state index in [1.807, 2.05) is 17.5 Å². The van der Waals surface area contributed by atoms with Crippen LogP contribution in [0.15, 0.2) is 29.9 Å². The van der Waals surface area contributed by atoms with E-state index in [4.69, 9.17) is 0 Å². The Kier molecular flexibility index (Phi) is 4.71. The predicted molar refractivity (Wildman–Crippen MR) is 92.5 cm³/mol. The Morgan fingerprint density at radius 3 is 2.56 bits per heavy atom. The minimum Gasteiger partial charge on any atom is -0.337 e. The number of hydrogen-bond acceptors (Lipinski definition) is 4. The van der Waals surface area contributed by atoms with Gasteiger partial charge in [0.05, 0.1) is 0 Å². The average molecular weight is 385 g/mol. The molecule has 1 aliphatic rings. The van der Waals surface area contributed by atoms with Crippen molar-refractivity contribution in [2.45, 2.75) is 38.2 Å². The highest BCUT2D eigenvalue weighted by Crippen LogP contribution is 2.33. The Hall–Kier alpha value is -1.74. The molecule has 0 spiro atoms. The monoisotopic (exact) mass is 385 g/mol. The van der Waals surface area contributed by atoms with Crippen molar-refractivity contribution in [3.63, 3.8) is 0 Å². The SMILES string of the molecule is C[Si](C)(CN(C(=O)c1nccnc1C(F)(F)F)C1CC1)c1cccs1. The molecule has 4 nitrogen and oxygen atoms in total. The molecule has 1 amide bonds. The van der Waals surface area contributed by atoms with Crippen molar-refractivity contribution in [3.05, 3.63) is 41.3 Å². The third kappa shape index (κ3) is 3.92. The average Bonchev–Trinajstić information content (AvgIpc) is 3.23. The molecule has 1 aliphatic carbocycles. The van der Waals surface area contributed by atoms with Crippen molar-refractivity contribution < 1.29 is 18.0 Å². The van der Waals surface area contributed by atoms with Gasteiger partial charge in [0.15, 0.2) is 11.4 Å². The van der Waals surface area contributed by atoms with Crippen LogP contribution in [-0.4, -0.2) is 41.1 Å². The Morgan fingerprint density at radius 2 is 2.00 bits per heavy atom. The van der Waals surface area contributed by atoms with E-state index in [9.17, 15) is 18.0 Å². The molecule has 2 aromatic rings. The molecule has 2 aromatic heterocycles. The van der Waals surface area contributed by atoms with Gasteiger partial charge in [0.1, 0.15) is 8.07 Å². The molecule has 2 heterocycles. The van der Waals surface area contributed by atoms with Crippen LogP contribution in [-0.2, 0) is 6.18 Å². The lowest BCUT2D eigenvalue weighted by Crippen LogP contribution is -2.53. The van der Waals surface area contributed by atoms with E-state index >= 15 is 0 Å². The maximum absolute atomic E-state index is 13.2. The number of amides is 1. The third-order valence-electron chi connectivity index (χ3n) is 4.17. The lowest BCUT2D eigenvalue weighted by molar-refractivity contribution is -0.141. The summed E-state index contributed by atoms with van der Waals surface area (Å²) in [5, 5.41) is 1.98. The van der Waals surface area contributed by atoms with Crippen LogP contribution in [0.1, 0.15) is 29.0 Å². The quantitative estimate of drug-likeness (QED) is 0.742. The first-order valence-electron chi connectivity index (χ1n) is 7.93. The molecule has 0 aromatic carbocycles. The van der Waals surface area contributed by atoms with E-state index in [-0.39, 0.29) is 6.04 Å². The second-order valence-corrected chi connectivity index (χ2v) is 12.7. The topological polar surface area (TPSA) is 46.1 Å². The third-order valence-corrected chi connectivity index (χ3v) is 9.50. The molecule has 1 fully saturated rings. The molecule has 9 heteroatoms. The van der Waals surface area contributed by atoms with Crippen molar-refractivity contribution in [1.29, 1.82) is 0 Å². The minimum atomic E-state index is -4.70. The standard InChI is InChI=1S/C16H18F3N3OSSi/c1-25(2,12-4-3-9-24-12)10-22(11-5-6-11)15(23)13-14(16(17,18)19)21-8-7-20-13/h3-4,7-9,11H,5-6,10H2,1-2H3. The number of carbonyl (C=O) groups excluding carboxylic acids is 1. The summed E-state index contributed by atoms with van der Waals surface area (Å²) in [6.45, 7) is 4.26. The second-order valence-electron chi connectivity index (χ2n) is 6.78. The highest BCUT2D eigenvalue weighted by molar-refractivity contribution is 7.25. The molecule has 134 valence electrons. The summed E-state index contributed by atoms with van der Waals surface area (Å²) >= 11 is 1.63. The normalized spacial score (nSPS) is 15.2. The van der Waals surface area contributed by atoms with Crippen LogP contribution < -0.4 is 4.50 Å². The first kappa shape index (κ1) is 18.1. The molecular formula is C16H18F3N3OSSi. The molecule has 25 heavy (non-hydrogen) atoms. The summed E-state index contributed by atoms with van der Waals surface area (Å²) in [5.74, 6) is -0.667. The lowest BCUT2D eigenvalue weighted by Gasteiger charge is -2.31. The van der Waals surface area contributed by atoms with Crippen LogP contribution in [0.5, 0.6) is 0 Å². The van der Waals surface area contributed by atoms with Gasteiger partial charge in [-0.25, -0.2) is 9.97 Å². The summed E-state index contributed by atoms with van der Waals surface area (Å²) in [4.78, 5) is 21.5.